The lowest BCUT2D eigenvalue weighted by Crippen LogP contribution is -2.45. The third kappa shape index (κ3) is 5.22. The fourth-order valence-corrected chi connectivity index (χ4v) is 0.407. The van der Waals surface area contributed by atoms with E-state index in [0.29, 0.717) is 6.54 Å². The van der Waals surface area contributed by atoms with Crippen LogP contribution in [0.1, 0.15) is 0 Å². The van der Waals surface area contributed by atoms with Crippen LogP contribution in [0.5, 0.6) is 0 Å². The Morgan fingerprint density at radius 3 is 2.56 bits per heavy atom. The van der Waals surface area contributed by atoms with Gasteiger partial charge in [0.2, 0.25) is 5.91 Å². The third-order valence-electron chi connectivity index (χ3n) is 0.671. The highest BCUT2D eigenvalue weighted by atomic mass is 16.2. The van der Waals surface area contributed by atoms with E-state index in [1.807, 2.05) is 5.53 Å². The second-order valence-electron chi connectivity index (χ2n) is 1.93. The van der Waals surface area contributed by atoms with E-state index in [2.05, 4.69) is 5.43 Å². The van der Waals surface area contributed by atoms with Crippen LogP contribution in [0.2, 0.25) is 0 Å². The van der Waals surface area contributed by atoms with Crippen molar-refractivity contribution in [1.82, 2.24) is 15.9 Å². The molecule has 0 aromatic carbocycles. The fraction of sp³-hybridized carbons (Fsp3) is 0.750. The first-order valence-corrected chi connectivity index (χ1v) is 2.56. The average molecular weight is 132 g/mol. The van der Waals surface area contributed by atoms with Gasteiger partial charge in [0, 0.05) is 0 Å². The summed E-state index contributed by atoms with van der Waals surface area (Å²) in [5.41, 5.74) is 4.27. The number of carbonyl (C=O) groups is 1. The summed E-state index contributed by atoms with van der Waals surface area (Å²) in [5, 5.41) is 0. The first-order valence-electron chi connectivity index (χ1n) is 2.56. The lowest BCUT2D eigenvalue weighted by molar-refractivity contribution is -0.122. The zero-order chi connectivity index (χ0) is 7.28. The maximum atomic E-state index is 10.6. The summed E-state index contributed by atoms with van der Waals surface area (Å²) < 4.78 is 0. The summed E-state index contributed by atoms with van der Waals surface area (Å²) in [7, 11) is 3.60. The van der Waals surface area contributed by atoms with Gasteiger partial charge in [0.05, 0.1) is 6.54 Å². The van der Waals surface area contributed by atoms with E-state index >= 15 is 0 Å². The van der Waals surface area contributed by atoms with Gasteiger partial charge in [0.15, 0.2) is 0 Å². The lowest BCUT2D eigenvalue weighted by atomic mass is 10.6. The summed E-state index contributed by atoms with van der Waals surface area (Å²) in [6.07, 6.45) is 0. The van der Waals surface area contributed by atoms with Crippen LogP contribution < -0.4 is 16.8 Å². The van der Waals surface area contributed by atoms with Crippen molar-refractivity contribution in [2.45, 2.75) is 0 Å². The summed E-state index contributed by atoms with van der Waals surface area (Å²) >= 11 is 0. The minimum atomic E-state index is -0.150. The highest BCUT2D eigenvalue weighted by molar-refractivity contribution is 5.77. The van der Waals surface area contributed by atoms with Crippen molar-refractivity contribution in [3.05, 3.63) is 0 Å². The minimum absolute atomic E-state index is 0.150. The number of hydrogen-bond acceptors (Lipinski definition) is 4. The maximum absolute atomic E-state index is 10.6. The molecule has 0 aliphatic heterocycles. The molecular formula is C4H12N4O. The van der Waals surface area contributed by atoms with Crippen molar-refractivity contribution in [3.8, 4) is 0 Å². The maximum Gasteiger partial charge on any atom is 0.249 e. The molecule has 0 aliphatic carbocycles. The van der Waals surface area contributed by atoms with Gasteiger partial charge in [-0.2, -0.15) is 5.53 Å². The van der Waals surface area contributed by atoms with Gasteiger partial charge < -0.3 is 4.90 Å². The molecule has 0 aliphatic rings. The van der Waals surface area contributed by atoms with E-state index in [4.69, 9.17) is 5.84 Å². The molecule has 0 unspecified atom stereocenters. The highest BCUT2D eigenvalue weighted by Crippen LogP contribution is 1.70. The highest BCUT2D eigenvalue weighted by Gasteiger charge is 1.98. The molecule has 54 valence electrons. The Hall–Kier alpha value is -0.650. The first kappa shape index (κ1) is 8.35. The van der Waals surface area contributed by atoms with E-state index in [9.17, 15) is 4.79 Å². The van der Waals surface area contributed by atoms with Crippen molar-refractivity contribution in [1.29, 1.82) is 0 Å². The largest absolute Gasteiger partial charge is 0.301 e. The Bertz CT molecular complexity index is 92.6. The van der Waals surface area contributed by atoms with Gasteiger partial charge in [-0.1, -0.05) is 0 Å². The van der Waals surface area contributed by atoms with E-state index < -0.39 is 0 Å². The number of nitrogens with zero attached hydrogens (tertiary/aromatic N) is 1. The smallest absolute Gasteiger partial charge is 0.249 e. The number of rotatable bonds is 3. The summed E-state index contributed by atoms with van der Waals surface area (Å²) in [4.78, 5) is 12.3. The molecule has 0 radical (unpaired) electrons. The van der Waals surface area contributed by atoms with Gasteiger partial charge in [-0.15, -0.1) is 0 Å². The number of nitrogens with one attached hydrogen (secondary N) is 2. The molecule has 0 rings (SSSR count). The number of nitrogens with two attached hydrogens (primary N) is 1. The van der Waals surface area contributed by atoms with Crippen LogP contribution in [0.15, 0.2) is 0 Å². The predicted octanol–water partition coefficient (Wildman–Crippen LogP) is -1.96. The van der Waals surface area contributed by atoms with Crippen molar-refractivity contribution < 1.29 is 4.79 Å². The van der Waals surface area contributed by atoms with Crippen LogP contribution in [0.4, 0.5) is 0 Å². The third-order valence-corrected chi connectivity index (χ3v) is 0.671. The Labute approximate surface area is 54.1 Å². The molecule has 0 aromatic rings. The molecule has 9 heavy (non-hydrogen) atoms. The van der Waals surface area contributed by atoms with Crippen molar-refractivity contribution >= 4 is 5.91 Å². The molecule has 4 N–H and O–H groups in total. The van der Waals surface area contributed by atoms with Crippen LogP contribution in [0.25, 0.3) is 0 Å². The van der Waals surface area contributed by atoms with Gasteiger partial charge in [0.25, 0.3) is 0 Å². The van der Waals surface area contributed by atoms with Crippen molar-refractivity contribution in [3.63, 3.8) is 0 Å². The Kier molecular flexibility index (Phi) is 3.94. The van der Waals surface area contributed by atoms with E-state index in [1.165, 1.54) is 0 Å². The van der Waals surface area contributed by atoms with Crippen LogP contribution in [0.3, 0.4) is 0 Å². The van der Waals surface area contributed by atoms with Crippen molar-refractivity contribution in [2.75, 3.05) is 20.6 Å². The molecule has 0 bridgehead atoms. The molecule has 1 amide bonds. The van der Waals surface area contributed by atoms with Crippen LogP contribution in [0, 0.1) is 0 Å². The molecule has 0 spiro atoms. The Balaban J connectivity index is 3.27. The van der Waals surface area contributed by atoms with Crippen LogP contribution in [-0.2, 0) is 4.79 Å². The zero-order valence-electron chi connectivity index (χ0n) is 5.64. The van der Waals surface area contributed by atoms with Gasteiger partial charge in [-0.25, -0.2) is 0 Å². The molecule has 0 atom stereocenters. The SMILES string of the molecule is CN(C)CC(=O)NNN. The van der Waals surface area contributed by atoms with E-state index in [1.54, 1.807) is 19.0 Å². The topological polar surface area (TPSA) is 70.4 Å². The average Bonchev–Trinajstić information content (AvgIpc) is 1.63. The Morgan fingerprint density at radius 2 is 2.22 bits per heavy atom. The van der Waals surface area contributed by atoms with E-state index in [0.717, 1.165) is 0 Å². The number of likely N-dealkylation sites (N-methyl/N-ethyl adjacent to an activating group) is 1. The van der Waals surface area contributed by atoms with Crippen molar-refractivity contribution in [2.24, 2.45) is 5.84 Å². The van der Waals surface area contributed by atoms with Gasteiger partial charge in [0.1, 0.15) is 0 Å². The monoisotopic (exact) mass is 132 g/mol. The normalized spacial score (nSPS) is 9.78. The summed E-state index contributed by atoms with van der Waals surface area (Å²) in [6.45, 7) is 0.337. The number of hydrogen-bond donors (Lipinski definition) is 3. The minimum Gasteiger partial charge on any atom is -0.301 e. The molecule has 0 heterocycles. The number of hydrazine groups is 2. The molecule has 0 aromatic heterocycles. The summed E-state index contributed by atoms with van der Waals surface area (Å²) in [6, 6.07) is 0. The molecule has 0 saturated heterocycles. The van der Waals surface area contributed by atoms with Gasteiger partial charge in [-0.3, -0.25) is 16.1 Å². The van der Waals surface area contributed by atoms with Gasteiger partial charge in [-0.05, 0) is 14.1 Å². The fourth-order valence-electron chi connectivity index (χ4n) is 0.407. The van der Waals surface area contributed by atoms with E-state index in [-0.39, 0.29) is 5.91 Å². The summed E-state index contributed by atoms with van der Waals surface area (Å²) in [5.74, 6) is 4.65. The first-order chi connectivity index (χ1) is 4.16. The molecule has 0 saturated carbocycles. The number of amides is 1. The molecule has 5 heteroatoms. The Morgan fingerprint density at radius 1 is 1.67 bits per heavy atom. The van der Waals surface area contributed by atoms with Crippen LogP contribution >= 0.6 is 0 Å². The quantitative estimate of drug-likeness (QED) is 0.308. The standard InChI is InChI=1S/C4H12N4O/c1-8(2)3-4(9)6-7-5/h7H,3,5H2,1-2H3,(H,6,9). The second kappa shape index (κ2) is 4.25. The lowest BCUT2D eigenvalue weighted by Gasteiger charge is -2.07. The molecular weight excluding hydrogens is 120 g/mol. The van der Waals surface area contributed by atoms with Gasteiger partial charge >= 0.3 is 0 Å². The second-order valence-corrected chi connectivity index (χ2v) is 1.93. The molecule has 0 fully saturated rings. The molecule has 5 nitrogen and oxygen atoms in total. The number of carbonyl (C=O) groups excluding carboxylic acids is 1. The predicted molar refractivity (Wildman–Crippen MR) is 34.0 cm³/mol. The van der Waals surface area contributed by atoms with Crippen LogP contribution in [-0.4, -0.2) is 31.4 Å². The zero-order valence-corrected chi connectivity index (χ0v) is 5.64.